The van der Waals surface area contributed by atoms with Crippen LogP contribution >= 0.6 is 11.8 Å². The number of carboxylic acids is 1. The molecule has 0 bridgehead atoms. The Morgan fingerprint density at radius 3 is 2.38 bits per heavy atom. The summed E-state index contributed by atoms with van der Waals surface area (Å²) in [6.07, 6.45) is 0. The average molecular weight is 304 g/mol. The number of hydrogen-bond donors (Lipinski definition) is 1. The van der Waals surface area contributed by atoms with Crippen molar-refractivity contribution in [1.82, 2.24) is 0 Å². The van der Waals surface area contributed by atoms with Gasteiger partial charge in [-0.3, -0.25) is 0 Å². The van der Waals surface area contributed by atoms with Crippen LogP contribution in [-0.2, 0) is 0 Å². The molecule has 21 heavy (non-hydrogen) atoms. The van der Waals surface area contributed by atoms with E-state index in [1.54, 1.807) is 37.4 Å². The maximum Gasteiger partial charge on any atom is 0.340 e. The number of carboxylic acid groups (broad SMARTS) is 1. The highest BCUT2D eigenvalue weighted by Gasteiger charge is 2.18. The topological polar surface area (TPSA) is 55.8 Å². The molecule has 0 saturated carbocycles. The second-order valence-electron chi connectivity index (χ2n) is 4.12. The van der Waals surface area contributed by atoms with Crippen LogP contribution < -0.4 is 9.47 Å². The maximum atomic E-state index is 11.5. The number of rotatable bonds is 6. The minimum absolute atomic E-state index is 0.176. The first-order valence-corrected chi connectivity index (χ1v) is 7.46. The molecule has 0 spiro atoms. The molecule has 0 radical (unpaired) electrons. The Bertz CT molecular complexity index is 640. The molecule has 0 atom stereocenters. The number of hydrogen-bond acceptors (Lipinski definition) is 4. The van der Waals surface area contributed by atoms with Crippen LogP contribution in [0.5, 0.6) is 17.2 Å². The Labute approximate surface area is 127 Å². The van der Waals surface area contributed by atoms with Gasteiger partial charge in [0.1, 0.15) is 11.3 Å². The first-order valence-electron chi connectivity index (χ1n) is 6.47. The van der Waals surface area contributed by atoms with E-state index in [2.05, 4.69) is 0 Å². The van der Waals surface area contributed by atoms with Crippen LogP contribution in [0.25, 0.3) is 0 Å². The summed E-state index contributed by atoms with van der Waals surface area (Å²) >= 11 is 1.47. The van der Waals surface area contributed by atoms with Crippen LogP contribution in [0.3, 0.4) is 0 Å². The van der Waals surface area contributed by atoms with Crippen molar-refractivity contribution in [3.63, 3.8) is 0 Å². The van der Waals surface area contributed by atoms with Crippen molar-refractivity contribution in [1.29, 1.82) is 0 Å². The molecule has 0 aliphatic heterocycles. The summed E-state index contributed by atoms with van der Waals surface area (Å²) in [5.74, 6) is 1.14. The van der Waals surface area contributed by atoms with Gasteiger partial charge < -0.3 is 14.6 Å². The second kappa shape index (κ2) is 7.04. The zero-order valence-corrected chi connectivity index (χ0v) is 12.6. The van der Waals surface area contributed by atoms with Crippen molar-refractivity contribution in [2.75, 3.05) is 12.9 Å². The van der Waals surface area contributed by atoms with Crippen LogP contribution in [-0.4, -0.2) is 23.9 Å². The molecular formula is C16H16O4S. The number of thioether (sulfide) groups is 1. The molecule has 1 N–H and O–H groups in total. The van der Waals surface area contributed by atoms with Gasteiger partial charge >= 0.3 is 5.97 Å². The van der Waals surface area contributed by atoms with Crippen molar-refractivity contribution in [2.45, 2.75) is 11.8 Å². The molecule has 0 aromatic heterocycles. The van der Waals surface area contributed by atoms with Gasteiger partial charge in [0.05, 0.1) is 7.11 Å². The van der Waals surface area contributed by atoms with Crippen LogP contribution in [0.1, 0.15) is 17.3 Å². The molecule has 2 aromatic rings. The lowest BCUT2D eigenvalue weighted by Gasteiger charge is -2.13. The molecule has 0 aliphatic rings. The van der Waals surface area contributed by atoms with E-state index in [1.165, 1.54) is 11.8 Å². The molecule has 2 rings (SSSR count). The van der Waals surface area contributed by atoms with E-state index in [-0.39, 0.29) is 5.56 Å². The highest BCUT2D eigenvalue weighted by Crippen LogP contribution is 2.36. The zero-order chi connectivity index (χ0) is 15.2. The standard InChI is InChI=1S/C16H16O4S/c1-3-21-14-10-6-9-13(15(14)16(17)18)20-12-8-5-4-7-11(12)19-2/h4-10H,3H2,1-2H3,(H,17,18). The molecule has 110 valence electrons. The van der Waals surface area contributed by atoms with Gasteiger partial charge in [0.15, 0.2) is 11.5 Å². The molecule has 5 heteroatoms. The van der Waals surface area contributed by atoms with Gasteiger partial charge in [-0.15, -0.1) is 11.8 Å². The van der Waals surface area contributed by atoms with Gasteiger partial charge in [0, 0.05) is 4.90 Å². The minimum Gasteiger partial charge on any atom is -0.493 e. The van der Waals surface area contributed by atoms with E-state index in [0.29, 0.717) is 22.1 Å². The first kappa shape index (κ1) is 15.3. The lowest BCUT2D eigenvalue weighted by atomic mass is 10.2. The van der Waals surface area contributed by atoms with E-state index in [1.807, 2.05) is 19.1 Å². The molecule has 2 aromatic carbocycles. The van der Waals surface area contributed by atoms with Crippen molar-refractivity contribution >= 4 is 17.7 Å². The van der Waals surface area contributed by atoms with Gasteiger partial charge in [-0.1, -0.05) is 25.1 Å². The van der Waals surface area contributed by atoms with Crippen molar-refractivity contribution in [3.8, 4) is 17.2 Å². The molecule has 0 unspecified atom stereocenters. The SMILES string of the molecule is CCSc1cccc(Oc2ccccc2OC)c1C(=O)O. The molecule has 0 fully saturated rings. The van der Waals surface area contributed by atoms with E-state index in [0.717, 1.165) is 5.75 Å². The summed E-state index contributed by atoms with van der Waals surface area (Å²) in [5.41, 5.74) is 0.176. The lowest BCUT2D eigenvalue weighted by Crippen LogP contribution is -2.03. The molecular weight excluding hydrogens is 288 g/mol. The third-order valence-electron chi connectivity index (χ3n) is 2.79. The Balaban J connectivity index is 2.44. The fourth-order valence-corrected chi connectivity index (χ4v) is 2.72. The molecule has 4 nitrogen and oxygen atoms in total. The number of methoxy groups -OCH3 is 1. The second-order valence-corrected chi connectivity index (χ2v) is 5.43. The number of ether oxygens (including phenoxy) is 2. The van der Waals surface area contributed by atoms with Gasteiger partial charge in [-0.25, -0.2) is 4.79 Å². The summed E-state index contributed by atoms with van der Waals surface area (Å²) in [7, 11) is 1.55. The van der Waals surface area contributed by atoms with E-state index >= 15 is 0 Å². The quantitative estimate of drug-likeness (QED) is 0.806. The van der Waals surface area contributed by atoms with Gasteiger partial charge in [0.25, 0.3) is 0 Å². The highest BCUT2D eigenvalue weighted by atomic mass is 32.2. The number of aromatic carboxylic acids is 1. The van der Waals surface area contributed by atoms with Crippen LogP contribution in [0.4, 0.5) is 0 Å². The van der Waals surface area contributed by atoms with Crippen LogP contribution in [0.15, 0.2) is 47.4 Å². The van der Waals surface area contributed by atoms with Crippen molar-refractivity contribution < 1.29 is 19.4 Å². The number of carbonyl (C=O) groups is 1. The van der Waals surface area contributed by atoms with Gasteiger partial charge in [0.2, 0.25) is 0 Å². The summed E-state index contributed by atoms with van der Waals surface area (Å²) < 4.78 is 11.0. The molecule has 0 heterocycles. The third-order valence-corrected chi connectivity index (χ3v) is 3.73. The van der Waals surface area contributed by atoms with Gasteiger partial charge in [-0.2, -0.15) is 0 Å². The van der Waals surface area contributed by atoms with Crippen molar-refractivity contribution in [3.05, 3.63) is 48.0 Å². The maximum absolute atomic E-state index is 11.5. The Morgan fingerprint density at radius 1 is 1.10 bits per heavy atom. The van der Waals surface area contributed by atoms with Crippen LogP contribution in [0, 0.1) is 0 Å². The predicted octanol–water partition coefficient (Wildman–Crippen LogP) is 4.30. The normalized spacial score (nSPS) is 10.2. The largest absolute Gasteiger partial charge is 0.493 e. The minimum atomic E-state index is -1.00. The van der Waals surface area contributed by atoms with Crippen molar-refractivity contribution in [2.24, 2.45) is 0 Å². The molecule has 0 saturated heterocycles. The van der Waals surface area contributed by atoms with E-state index < -0.39 is 5.97 Å². The fourth-order valence-electron chi connectivity index (χ4n) is 1.90. The molecule has 0 aliphatic carbocycles. The Hall–Kier alpha value is -2.14. The number of para-hydroxylation sites is 2. The highest BCUT2D eigenvalue weighted by molar-refractivity contribution is 7.99. The summed E-state index contributed by atoms with van der Waals surface area (Å²) in [6, 6.07) is 12.4. The monoisotopic (exact) mass is 304 g/mol. The average Bonchev–Trinajstić information content (AvgIpc) is 2.48. The number of benzene rings is 2. The van der Waals surface area contributed by atoms with Gasteiger partial charge in [-0.05, 0) is 30.0 Å². The van der Waals surface area contributed by atoms with Crippen LogP contribution in [0.2, 0.25) is 0 Å². The first-order chi connectivity index (χ1) is 10.2. The Morgan fingerprint density at radius 2 is 1.76 bits per heavy atom. The summed E-state index contributed by atoms with van der Waals surface area (Å²) in [4.78, 5) is 12.2. The van der Waals surface area contributed by atoms with E-state index in [9.17, 15) is 9.90 Å². The Kier molecular flexibility index (Phi) is 5.11. The third kappa shape index (κ3) is 3.49. The summed E-state index contributed by atoms with van der Waals surface area (Å²) in [6.45, 7) is 1.98. The zero-order valence-electron chi connectivity index (χ0n) is 11.8. The fraction of sp³-hybridized carbons (Fsp3) is 0.188. The lowest BCUT2D eigenvalue weighted by molar-refractivity contribution is 0.0690. The smallest absolute Gasteiger partial charge is 0.340 e. The summed E-state index contributed by atoms with van der Waals surface area (Å²) in [5, 5.41) is 9.45. The predicted molar refractivity (Wildman–Crippen MR) is 82.9 cm³/mol. The van der Waals surface area contributed by atoms with E-state index in [4.69, 9.17) is 9.47 Å². The molecule has 0 amide bonds.